The molecule has 2 rings (SSSR count). The molecule has 0 aliphatic rings. The van der Waals surface area contributed by atoms with Crippen molar-refractivity contribution < 1.29 is 14.6 Å². The van der Waals surface area contributed by atoms with E-state index in [1.54, 1.807) is 32.4 Å². The lowest BCUT2D eigenvalue weighted by atomic mass is 10.0. The highest BCUT2D eigenvalue weighted by atomic mass is 16.5. The van der Waals surface area contributed by atoms with Gasteiger partial charge in [-0.3, -0.25) is 0 Å². The molecule has 0 fully saturated rings. The maximum absolute atomic E-state index is 9.46. The maximum Gasteiger partial charge on any atom is 0.123 e. The number of aromatic hydroxyl groups is 1. The van der Waals surface area contributed by atoms with Gasteiger partial charge in [0, 0.05) is 6.07 Å². The number of phenols is 1. The number of hydrogen-bond donors (Lipinski definition) is 1. The fourth-order valence-electron chi connectivity index (χ4n) is 1.66. The van der Waals surface area contributed by atoms with Crippen LogP contribution in [0, 0.1) is 0 Å². The molecular formula is C14H14O3. The minimum Gasteiger partial charge on any atom is -0.508 e. The van der Waals surface area contributed by atoms with Gasteiger partial charge in [0.2, 0.25) is 0 Å². The van der Waals surface area contributed by atoms with E-state index >= 15 is 0 Å². The van der Waals surface area contributed by atoms with E-state index in [0.717, 1.165) is 22.6 Å². The molecule has 3 nitrogen and oxygen atoms in total. The number of ether oxygens (including phenoxy) is 2. The lowest BCUT2D eigenvalue weighted by molar-refractivity contribution is 0.394. The minimum atomic E-state index is 0.240. The highest BCUT2D eigenvalue weighted by Gasteiger charge is 2.04. The van der Waals surface area contributed by atoms with Gasteiger partial charge in [-0.15, -0.1) is 0 Å². The summed E-state index contributed by atoms with van der Waals surface area (Å²) in [4.78, 5) is 0. The summed E-state index contributed by atoms with van der Waals surface area (Å²) in [5.41, 5.74) is 1.86. The molecule has 1 N–H and O–H groups in total. The molecule has 0 saturated heterocycles. The first kappa shape index (κ1) is 11.3. The molecule has 0 bridgehead atoms. The summed E-state index contributed by atoms with van der Waals surface area (Å²) < 4.78 is 10.4. The zero-order valence-electron chi connectivity index (χ0n) is 9.81. The second-order valence-corrected chi connectivity index (χ2v) is 3.65. The molecule has 17 heavy (non-hydrogen) atoms. The van der Waals surface area contributed by atoms with E-state index < -0.39 is 0 Å². The zero-order chi connectivity index (χ0) is 12.3. The van der Waals surface area contributed by atoms with Crippen LogP contribution in [0.2, 0.25) is 0 Å². The van der Waals surface area contributed by atoms with Crippen LogP contribution in [0.3, 0.4) is 0 Å². The van der Waals surface area contributed by atoms with Crippen LogP contribution in [0.5, 0.6) is 17.2 Å². The van der Waals surface area contributed by atoms with Crippen LogP contribution >= 0.6 is 0 Å². The fourth-order valence-corrected chi connectivity index (χ4v) is 1.66. The first-order valence-electron chi connectivity index (χ1n) is 5.25. The van der Waals surface area contributed by atoms with Gasteiger partial charge < -0.3 is 14.6 Å². The smallest absolute Gasteiger partial charge is 0.123 e. The van der Waals surface area contributed by atoms with Crippen molar-refractivity contribution in [3.8, 4) is 28.4 Å². The Labute approximate surface area is 100 Å². The largest absolute Gasteiger partial charge is 0.508 e. The highest BCUT2D eigenvalue weighted by molar-refractivity contribution is 5.68. The average molecular weight is 230 g/mol. The Balaban J connectivity index is 2.50. The van der Waals surface area contributed by atoms with E-state index in [2.05, 4.69) is 0 Å². The van der Waals surface area contributed by atoms with Crippen molar-refractivity contribution >= 4 is 0 Å². The summed E-state index contributed by atoms with van der Waals surface area (Å²) >= 11 is 0. The molecule has 0 spiro atoms. The second kappa shape index (κ2) is 4.78. The van der Waals surface area contributed by atoms with Crippen LogP contribution in [0.25, 0.3) is 11.1 Å². The quantitative estimate of drug-likeness (QED) is 0.880. The Hall–Kier alpha value is -2.16. The van der Waals surface area contributed by atoms with Crippen molar-refractivity contribution in [2.45, 2.75) is 0 Å². The van der Waals surface area contributed by atoms with Gasteiger partial charge in [-0.2, -0.15) is 0 Å². The van der Waals surface area contributed by atoms with E-state index in [0.29, 0.717) is 0 Å². The summed E-state index contributed by atoms with van der Waals surface area (Å²) in [6, 6.07) is 12.7. The number of methoxy groups -OCH3 is 2. The lowest BCUT2D eigenvalue weighted by Crippen LogP contribution is -1.88. The molecule has 0 aliphatic carbocycles. The monoisotopic (exact) mass is 230 g/mol. The molecule has 0 saturated carbocycles. The lowest BCUT2D eigenvalue weighted by Gasteiger charge is -2.08. The summed E-state index contributed by atoms with van der Waals surface area (Å²) in [6.07, 6.45) is 0. The van der Waals surface area contributed by atoms with E-state index in [1.807, 2.05) is 24.3 Å². The van der Waals surface area contributed by atoms with Crippen molar-refractivity contribution in [1.29, 1.82) is 0 Å². The van der Waals surface area contributed by atoms with Gasteiger partial charge >= 0.3 is 0 Å². The Bertz CT molecular complexity index is 498. The summed E-state index contributed by atoms with van der Waals surface area (Å²) in [5, 5.41) is 9.46. The molecule has 0 amide bonds. The number of benzene rings is 2. The van der Waals surface area contributed by atoms with Crippen molar-refractivity contribution in [2.24, 2.45) is 0 Å². The molecule has 0 aliphatic heterocycles. The first-order valence-corrected chi connectivity index (χ1v) is 5.25. The van der Waals surface area contributed by atoms with Gasteiger partial charge in [-0.1, -0.05) is 12.1 Å². The normalized spacial score (nSPS) is 10.0. The number of phenolic OH excluding ortho intramolecular Hbond substituents is 1. The molecule has 88 valence electrons. The van der Waals surface area contributed by atoms with Gasteiger partial charge in [-0.25, -0.2) is 0 Å². The van der Waals surface area contributed by atoms with Crippen molar-refractivity contribution in [3.63, 3.8) is 0 Å². The third-order valence-electron chi connectivity index (χ3n) is 2.53. The van der Waals surface area contributed by atoms with Gasteiger partial charge in [-0.05, 0) is 35.4 Å². The summed E-state index contributed by atoms with van der Waals surface area (Å²) in [5.74, 6) is 1.69. The summed E-state index contributed by atoms with van der Waals surface area (Å²) in [7, 11) is 3.22. The van der Waals surface area contributed by atoms with Gasteiger partial charge in [0.25, 0.3) is 0 Å². The SMILES string of the molecule is COc1cc(OC)cc(-c2cccc(O)c2)c1. The van der Waals surface area contributed by atoms with E-state index in [9.17, 15) is 5.11 Å². The maximum atomic E-state index is 9.46. The predicted octanol–water partition coefficient (Wildman–Crippen LogP) is 3.08. The van der Waals surface area contributed by atoms with Crippen LogP contribution in [0.15, 0.2) is 42.5 Å². The predicted molar refractivity (Wildman–Crippen MR) is 66.6 cm³/mol. The topological polar surface area (TPSA) is 38.7 Å². The second-order valence-electron chi connectivity index (χ2n) is 3.65. The minimum absolute atomic E-state index is 0.240. The van der Waals surface area contributed by atoms with Crippen LogP contribution in [0.1, 0.15) is 0 Å². The first-order chi connectivity index (χ1) is 8.22. The van der Waals surface area contributed by atoms with Crippen LogP contribution < -0.4 is 9.47 Å². The van der Waals surface area contributed by atoms with Crippen molar-refractivity contribution in [3.05, 3.63) is 42.5 Å². The molecule has 2 aromatic carbocycles. The number of rotatable bonds is 3. The van der Waals surface area contributed by atoms with E-state index in [4.69, 9.17) is 9.47 Å². The fraction of sp³-hybridized carbons (Fsp3) is 0.143. The van der Waals surface area contributed by atoms with E-state index in [-0.39, 0.29) is 5.75 Å². The molecule has 0 unspecified atom stereocenters. The van der Waals surface area contributed by atoms with Gasteiger partial charge in [0.1, 0.15) is 17.2 Å². The van der Waals surface area contributed by atoms with Crippen molar-refractivity contribution in [2.75, 3.05) is 14.2 Å². The Morgan fingerprint density at radius 2 is 1.47 bits per heavy atom. The molecular weight excluding hydrogens is 216 g/mol. The van der Waals surface area contributed by atoms with Crippen LogP contribution in [0.4, 0.5) is 0 Å². The Kier molecular flexibility index (Phi) is 3.19. The third-order valence-corrected chi connectivity index (χ3v) is 2.53. The van der Waals surface area contributed by atoms with E-state index in [1.165, 1.54) is 0 Å². The standard InChI is InChI=1S/C14H14O3/c1-16-13-7-11(8-14(9-13)17-2)10-4-3-5-12(15)6-10/h3-9,15H,1-2H3. The van der Waals surface area contributed by atoms with Crippen molar-refractivity contribution in [1.82, 2.24) is 0 Å². The Morgan fingerprint density at radius 1 is 0.824 bits per heavy atom. The molecule has 2 aromatic rings. The molecule has 3 heteroatoms. The molecule has 0 aromatic heterocycles. The molecule has 0 radical (unpaired) electrons. The zero-order valence-corrected chi connectivity index (χ0v) is 9.81. The van der Waals surface area contributed by atoms with Crippen LogP contribution in [-0.2, 0) is 0 Å². The van der Waals surface area contributed by atoms with Gasteiger partial charge in [0.05, 0.1) is 14.2 Å². The average Bonchev–Trinajstić information content (AvgIpc) is 2.38. The Morgan fingerprint density at radius 3 is 2.00 bits per heavy atom. The van der Waals surface area contributed by atoms with Crippen LogP contribution in [-0.4, -0.2) is 19.3 Å². The summed E-state index contributed by atoms with van der Waals surface area (Å²) in [6.45, 7) is 0. The highest BCUT2D eigenvalue weighted by Crippen LogP contribution is 2.30. The van der Waals surface area contributed by atoms with Gasteiger partial charge in [0.15, 0.2) is 0 Å². The molecule has 0 atom stereocenters. The third kappa shape index (κ3) is 2.50. The number of hydrogen-bond acceptors (Lipinski definition) is 3. The molecule has 0 heterocycles.